The Morgan fingerprint density at radius 2 is 1.77 bits per heavy atom. The average Bonchev–Trinajstić information content (AvgIpc) is 2.27. The number of rotatable bonds is 0. The Morgan fingerprint density at radius 3 is 2.46 bits per heavy atom. The average molecular weight is 182 g/mol. The van der Waals surface area contributed by atoms with E-state index in [-0.39, 0.29) is 0 Å². The molecule has 0 amide bonds. The van der Waals surface area contributed by atoms with Gasteiger partial charge in [-0.3, -0.25) is 4.90 Å². The van der Waals surface area contributed by atoms with Crippen molar-refractivity contribution < 1.29 is 0 Å². The Kier molecular flexibility index (Phi) is 2.37. The third-order valence-electron chi connectivity index (χ3n) is 3.47. The maximum absolute atomic E-state index is 3.71. The molecule has 2 saturated heterocycles. The van der Waals surface area contributed by atoms with E-state index >= 15 is 0 Å². The summed E-state index contributed by atoms with van der Waals surface area (Å²) in [5, 5.41) is 3.71. The molecule has 13 heavy (non-hydrogen) atoms. The van der Waals surface area contributed by atoms with Crippen LogP contribution in [0.2, 0.25) is 0 Å². The fraction of sp³-hybridized carbons (Fsp3) is 1.00. The lowest BCUT2D eigenvalue weighted by atomic mass is 10.0. The van der Waals surface area contributed by atoms with Gasteiger partial charge in [-0.15, -0.1) is 0 Å². The Balaban J connectivity index is 2.01. The summed E-state index contributed by atoms with van der Waals surface area (Å²) in [6.07, 6.45) is 4.13. The third kappa shape index (κ3) is 2.05. The van der Waals surface area contributed by atoms with Crippen LogP contribution in [0.5, 0.6) is 0 Å². The van der Waals surface area contributed by atoms with Gasteiger partial charge in [0.15, 0.2) is 0 Å². The van der Waals surface area contributed by atoms with Crippen LogP contribution in [0.1, 0.15) is 40.0 Å². The predicted octanol–water partition coefficient (Wildman–Crippen LogP) is 1.61. The second-order valence-corrected chi connectivity index (χ2v) is 5.54. The van der Waals surface area contributed by atoms with Crippen LogP contribution in [0.15, 0.2) is 0 Å². The van der Waals surface area contributed by atoms with E-state index in [1.807, 2.05) is 0 Å². The molecule has 0 saturated carbocycles. The molecule has 2 heteroatoms. The summed E-state index contributed by atoms with van der Waals surface area (Å²) < 4.78 is 0. The smallest absolute Gasteiger partial charge is 0.0198 e. The molecule has 0 aromatic carbocycles. The highest BCUT2D eigenvalue weighted by Gasteiger charge is 2.32. The van der Waals surface area contributed by atoms with Crippen LogP contribution in [0.3, 0.4) is 0 Å². The fourth-order valence-electron chi connectivity index (χ4n) is 2.55. The molecule has 1 N–H and O–H groups in total. The number of fused-ring (bicyclic) bond motifs is 2. The molecule has 2 atom stereocenters. The number of hydrogen-bond donors (Lipinski definition) is 1. The van der Waals surface area contributed by atoms with Crippen LogP contribution in [0.25, 0.3) is 0 Å². The van der Waals surface area contributed by atoms with Gasteiger partial charge in [0.2, 0.25) is 0 Å². The Labute approximate surface area is 81.7 Å². The highest BCUT2D eigenvalue weighted by molar-refractivity contribution is 4.92. The number of nitrogens with zero attached hydrogens (tertiary/aromatic N) is 1. The van der Waals surface area contributed by atoms with Crippen molar-refractivity contribution in [2.45, 2.75) is 57.7 Å². The van der Waals surface area contributed by atoms with Gasteiger partial charge >= 0.3 is 0 Å². The second kappa shape index (κ2) is 3.25. The first kappa shape index (κ1) is 9.47. The number of likely N-dealkylation sites (tertiary alicyclic amines) is 1. The third-order valence-corrected chi connectivity index (χ3v) is 3.47. The topological polar surface area (TPSA) is 15.3 Å². The Hall–Kier alpha value is -0.0800. The van der Waals surface area contributed by atoms with Crippen molar-refractivity contribution >= 4 is 0 Å². The molecule has 0 aromatic heterocycles. The van der Waals surface area contributed by atoms with E-state index in [9.17, 15) is 0 Å². The van der Waals surface area contributed by atoms with Crippen molar-refractivity contribution in [1.29, 1.82) is 0 Å². The zero-order chi connectivity index (χ0) is 9.47. The van der Waals surface area contributed by atoms with E-state index in [1.165, 1.54) is 32.4 Å². The highest BCUT2D eigenvalue weighted by atomic mass is 15.2. The summed E-state index contributed by atoms with van der Waals surface area (Å²) in [5.74, 6) is 0. The van der Waals surface area contributed by atoms with Gasteiger partial charge in [-0.25, -0.2) is 0 Å². The number of nitrogens with one attached hydrogen (secondary N) is 1. The second-order valence-electron chi connectivity index (χ2n) is 5.54. The normalized spacial score (nSPS) is 36.2. The lowest BCUT2D eigenvalue weighted by Crippen LogP contribution is -2.46. The molecule has 2 bridgehead atoms. The molecule has 0 radical (unpaired) electrons. The van der Waals surface area contributed by atoms with Crippen LogP contribution in [-0.2, 0) is 0 Å². The zero-order valence-corrected chi connectivity index (χ0v) is 9.14. The minimum absolute atomic E-state index is 0.353. The maximum Gasteiger partial charge on any atom is 0.0198 e. The summed E-state index contributed by atoms with van der Waals surface area (Å²) in [7, 11) is 0. The molecule has 2 aliphatic rings. The molecule has 2 heterocycles. The van der Waals surface area contributed by atoms with E-state index < -0.39 is 0 Å². The monoisotopic (exact) mass is 182 g/mol. The van der Waals surface area contributed by atoms with Crippen molar-refractivity contribution in [3.63, 3.8) is 0 Å². The molecular weight excluding hydrogens is 160 g/mol. The number of hydrogen-bond acceptors (Lipinski definition) is 2. The minimum Gasteiger partial charge on any atom is -0.310 e. The summed E-state index contributed by atoms with van der Waals surface area (Å²) in [6.45, 7) is 9.50. The van der Waals surface area contributed by atoms with E-state index in [0.717, 1.165) is 12.1 Å². The predicted molar refractivity (Wildman–Crippen MR) is 55.9 cm³/mol. The van der Waals surface area contributed by atoms with Crippen molar-refractivity contribution in [3.8, 4) is 0 Å². The molecule has 0 aliphatic carbocycles. The summed E-state index contributed by atoms with van der Waals surface area (Å²) >= 11 is 0. The van der Waals surface area contributed by atoms with Gasteiger partial charge in [-0.1, -0.05) is 0 Å². The minimum atomic E-state index is 0.353. The molecule has 2 aliphatic heterocycles. The molecular formula is C11H22N2. The molecule has 0 aromatic rings. The lowest BCUT2D eigenvalue weighted by molar-refractivity contribution is 0.129. The summed E-state index contributed by atoms with van der Waals surface area (Å²) in [5.41, 5.74) is 0.353. The van der Waals surface area contributed by atoms with Gasteiger partial charge in [0.1, 0.15) is 0 Å². The van der Waals surface area contributed by atoms with Gasteiger partial charge in [-0.2, -0.15) is 0 Å². The van der Waals surface area contributed by atoms with Crippen LogP contribution in [0.4, 0.5) is 0 Å². The van der Waals surface area contributed by atoms with Crippen molar-refractivity contribution in [3.05, 3.63) is 0 Å². The standard InChI is InChI=1S/C11H22N2/c1-11(2,3)13-7-6-9-4-5-10(8-13)12-9/h9-10,12H,4-8H2,1-3H3/t9-,10+/m0/s1. The fourth-order valence-corrected chi connectivity index (χ4v) is 2.55. The van der Waals surface area contributed by atoms with Gasteiger partial charge < -0.3 is 5.32 Å². The SMILES string of the molecule is CC(C)(C)N1CC[C@@H]2CC[C@H](C1)N2. The van der Waals surface area contributed by atoms with E-state index in [1.54, 1.807) is 0 Å². The van der Waals surface area contributed by atoms with E-state index in [0.29, 0.717) is 5.54 Å². The van der Waals surface area contributed by atoms with Gasteiger partial charge in [0.25, 0.3) is 0 Å². The van der Waals surface area contributed by atoms with Crippen LogP contribution < -0.4 is 5.32 Å². The lowest BCUT2D eigenvalue weighted by Gasteiger charge is -2.36. The summed E-state index contributed by atoms with van der Waals surface area (Å²) in [6, 6.07) is 1.59. The van der Waals surface area contributed by atoms with Gasteiger partial charge in [0.05, 0.1) is 0 Å². The summed E-state index contributed by atoms with van der Waals surface area (Å²) in [4.78, 5) is 2.63. The maximum atomic E-state index is 3.71. The Morgan fingerprint density at radius 1 is 1.08 bits per heavy atom. The van der Waals surface area contributed by atoms with Crippen LogP contribution in [0, 0.1) is 0 Å². The molecule has 0 spiro atoms. The van der Waals surface area contributed by atoms with Gasteiger partial charge in [-0.05, 0) is 40.0 Å². The Bertz CT molecular complexity index is 183. The first-order valence-corrected chi connectivity index (χ1v) is 5.57. The largest absolute Gasteiger partial charge is 0.310 e. The van der Waals surface area contributed by atoms with E-state index in [4.69, 9.17) is 0 Å². The molecule has 0 unspecified atom stereocenters. The zero-order valence-electron chi connectivity index (χ0n) is 9.14. The molecule has 2 fully saturated rings. The van der Waals surface area contributed by atoms with Crippen LogP contribution in [-0.4, -0.2) is 35.6 Å². The van der Waals surface area contributed by atoms with Crippen molar-refractivity contribution in [2.24, 2.45) is 0 Å². The quantitative estimate of drug-likeness (QED) is 0.612. The molecule has 2 nitrogen and oxygen atoms in total. The molecule has 2 rings (SSSR count). The van der Waals surface area contributed by atoms with Crippen molar-refractivity contribution in [2.75, 3.05) is 13.1 Å². The van der Waals surface area contributed by atoms with Crippen molar-refractivity contribution in [1.82, 2.24) is 10.2 Å². The van der Waals surface area contributed by atoms with E-state index in [2.05, 4.69) is 31.0 Å². The molecule has 76 valence electrons. The first-order chi connectivity index (χ1) is 6.05. The van der Waals surface area contributed by atoms with Gasteiger partial charge in [0, 0.05) is 30.7 Å². The first-order valence-electron chi connectivity index (χ1n) is 5.57. The highest BCUT2D eigenvalue weighted by Crippen LogP contribution is 2.24. The van der Waals surface area contributed by atoms with Crippen LogP contribution >= 0.6 is 0 Å².